The van der Waals surface area contributed by atoms with Crippen LogP contribution in [-0.2, 0) is 12.7 Å². The fourth-order valence-corrected chi connectivity index (χ4v) is 4.87. The molecular formula is C24H22F3N3O2S. The van der Waals surface area contributed by atoms with Crippen LogP contribution in [0.1, 0.15) is 30.7 Å². The van der Waals surface area contributed by atoms with E-state index in [1.165, 1.54) is 17.4 Å². The summed E-state index contributed by atoms with van der Waals surface area (Å²) in [6, 6.07) is 14.6. The molecule has 1 aromatic heterocycles. The Kier molecular flexibility index (Phi) is 6.18. The maximum absolute atomic E-state index is 13.3. The Morgan fingerprint density at radius 2 is 1.97 bits per heavy atom. The third kappa shape index (κ3) is 4.88. The summed E-state index contributed by atoms with van der Waals surface area (Å²) < 4.78 is 45.8. The molecule has 0 saturated carbocycles. The molecule has 2 unspecified atom stereocenters. The zero-order valence-electron chi connectivity index (χ0n) is 18.0. The first-order chi connectivity index (χ1) is 15.6. The van der Waals surface area contributed by atoms with Crippen molar-refractivity contribution < 1.29 is 23.0 Å². The van der Waals surface area contributed by atoms with E-state index in [0.29, 0.717) is 13.1 Å². The SMILES string of the molecule is CC1(C)CN(Cc2csc(-c3ccccc3)n2)C(O)C1Oc1ccc(C#N)c(C(F)(F)F)c1. The highest BCUT2D eigenvalue weighted by molar-refractivity contribution is 7.13. The normalized spacial score (nSPS) is 20.5. The third-order valence-corrected chi connectivity index (χ3v) is 6.58. The van der Waals surface area contributed by atoms with Crippen LogP contribution in [0.4, 0.5) is 13.2 Å². The zero-order chi connectivity index (χ0) is 23.8. The van der Waals surface area contributed by atoms with Crippen molar-refractivity contribution >= 4 is 11.3 Å². The molecule has 0 spiro atoms. The van der Waals surface area contributed by atoms with Crippen LogP contribution in [-0.4, -0.2) is 33.9 Å². The lowest BCUT2D eigenvalue weighted by Crippen LogP contribution is -2.40. The second-order valence-corrected chi connectivity index (χ2v) is 9.53. The quantitative estimate of drug-likeness (QED) is 0.544. The maximum Gasteiger partial charge on any atom is 0.417 e. The van der Waals surface area contributed by atoms with Crippen LogP contribution in [0.15, 0.2) is 53.9 Å². The Bertz CT molecular complexity index is 1170. The number of benzene rings is 2. The van der Waals surface area contributed by atoms with Gasteiger partial charge in [-0.3, -0.25) is 4.90 Å². The van der Waals surface area contributed by atoms with Crippen molar-refractivity contribution in [1.82, 2.24) is 9.88 Å². The molecule has 2 atom stereocenters. The largest absolute Gasteiger partial charge is 0.486 e. The minimum Gasteiger partial charge on any atom is -0.486 e. The van der Waals surface area contributed by atoms with E-state index < -0.39 is 35.1 Å². The summed E-state index contributed by atoms with van der Waals surface area (Å²) >= 11 is 1.51. The van der Waals surface area contributed by atoms with Gasteiger partial charge in [-0.25, -0.2) is 4.98 Å². The predicted molar refractivity (Wildman–Crippen MR) is 118 cm³/mol. The number of halogens is 3. The van der Waals surface area contributed by atoms with Gasteiger partial charge >= 0.3 is 6.18 Å². The van der Waals surface area contributed by atoms with Gasteiger partial charge in [0.15, 0.2) is 0 Å². The molecule has 33 heavy (non-hydrogen) atoms. The van der Waals surface area contributed by atoms with E-state index >= 15 is 0 Å². The van der Waals surface area contributed by atoms with Crippen LogP contribution in [0.2, 0.25) is 0 Å². The number of nitrogens with zero attached hydrogens (tertiary/aromatic N) is 3. The van der Waals surface area contributed by atoms with Gasteiger partial charge in [-0.15, -0.1) is 11.3 Å². The second-order valence-electron chi connectivity index (χ2n) is 8.67. The fraction of sp³-hybridized carbons (Fsp3) is 0.333. The van der Waals surface area contributed by atoms with Crippen LogP contribution >= 0.6 is 11.3 Å². The highest BCUT2D eigenvalue weighted by atomic mass is 32.1. The fourth-order valence-electron chi connectivity index (χ4n) is 4.05. The van der Waals surface area contributed by atoms with Crippen molar-refractivity contribution in [2.75, 3.05) is 6.54 Å². The summed E-state index contributed by atoms with van der Waals surface area (Å²) in [7, 11) is 0. The molecule has 1 N–H and O–H groups in total. The summed E-state index contributed by atoms with van der Waals surface area (Å²) in [5, 5.41) is 22.8. The highest BCUT2D eigenvalue weighted by Crippen LogP contribution is 2.39. The van der Waals surface area contributed by atoms with Crippen LogP contribution in [0.25, 0.3) is 10.6 Å². The second kappa shape index (κ2) is 8.78. The van der Waals surface area contributed by atoms with E-state index in [1.54, 1.807) is 6.07 Å². The monoisotopic (exact) mass is 473 g/mol. The van der Waals surface area contributed by atoms with Gasteiger partial charge in [-0.1, -0.05) is 44.2 Å². The summed E-state index contributed by atoms with van der Waals surface area (Å²) in [5.74, 6) is -0.0414. The Hall–Kier alpha value is -2.93. The molecule has 0 radical (unpaired) electrons. The molecule has 2 aromatic carbocycles. The van der Waals surface area contributed by atoms with Crippen molar-refractivity contribution in [2.24, 2.45) is 5.41 Å². The molecule has 172 valence electrons. The Balaban J connectivity index is 1.51. The average molecular weight is 474 g/mol. The number of alkyl halides is 3. The van der Waals surface area contributed by atoms with Gasteiger partial charge in [-0.2, -0.15) is 18.4 Å². The van der Waals surface area contributed by atoms with Gasteiger partial charge in [0.05, 0.1) is 22.9 Å². The van der Waals surface area contributed by atoms with Crippen molar-refractivity contribution in [1.29, 1.82) is 5.26 Å². The van der Waals surface area contributed by atoms with Gasteiger partial charge in [-0.05, 0) is 18.2 Å². The lowest BCUT2D eigenvalue weighted by atomic mass is 9.89. The van der Waals surface area contributed by atoms with E-state index in [9.17, 15) is 18.3 Å². The zero-order valence-corrected chi connectivity index (χ0v) is 18.8. The molecule has 5 nitrogen and oxygen atoms in total. The van der Waals surface area contributed by atoms with Crippen molar-refractivity contribution in [3.05, 3.63) is 70.7 Å². The topological polar surface area (TPSA) is 69.4 Å². The van der Waals surface area contributed by atoms with Crippen molar-refractivity contribution in [3.8, 4) is 22.4 Å². The first-order valence-electron chi connectivity index (χ1n) is 10.3. The summed E-state index contributed by atoms with van der Waals surface area (Å²) in [6.45, 7) is 4.64. The standard InChI is InChI=1S/C24H22F3N3O2S/c1-23(2)14-30(12-17-13-33-21(29-17)15-6-4-3-5-7-15)22(31)20(23)32-18-9-8-16(11-28)19(10-18)24(25,26)27/h3-10,13,20,22,31H,12,14H2,1-2H3. The molecule has 1 aliphatic rings. The van der Waals surface area contributed by atoms with E-state index in [0.717, 1.165) is 28.4 Å². The van der Waals surface area contributed by atoms with Gasteiger partial charge in [0.2, 0.25) is 0 Å². The van der Waals surface area contributed by atoms with Crippen LogP contribution in [0, 0.1) is 16.7 Å². The lowest BCUT2D eigenvalue weighted by molar-refractivity contribution is -0.138. The van der Waals surface area contributed by atoms with Gasteiger partial charge < -0.3 is 9.84 Å². The van der Waals surface area contributed by atoms with E-state index in [1.807, 2.05) is 54.5 Å². The molecule has 9 heteroatoms. The number of aliphatic hydroxyl groups is 1. The first kappa shape index (κ1) is 23.2. The number of likely N-dealkylation sites (tertiary alicyclic amines) is 1. The van der Waals surface area contributed by atoms with Gasteiger partial charge in [0.1, 0.15) is 23.1 Å². The summed E-state index contributed by atoms with van der Waals surface area (Å²) in [6.07, 6.45) is -6.48. The molecule has 3 aromatic rings. The van der Waals surface area contributed by atoms with Crippen LogP contribution in [0.3, 0.4) is 0 Å². The predicted octanol–water partition coefficient (Wildman–Crippen LogP) is 5.31. The molecule has 1 aliphatic heterocycles. The number of hydrogen-bond acceptors (Lipinski definition) is 6. The Morgan fingerprint density at radius 3 is 2.64 bits per heavy atom. The molecule has 0 amide bonds. The molecule has 4 rings (SSSR count). The molecule has 1 fully saturated rings. The number of ether oxygens (including phenoxy) is 1. The number of rotatable bonds is 5. The number of hydrogen-bond donors (Lipinski definition) is 1. The highest BCUT2D eigenvalue weighted by Gasteiger charge is 2.48. The minimum atomic E-state index is -4.68. The van der Waals surface area contributed by atoms with Gasteiger partial charge in [0.25, 0.3) is 0 Å². The minimum absolute atomic E-state index is 0.0414. The number of aromatic nitrogens is 1. The smallest absolute Gasteiger partial charge is 0.417 e. The summed E-state index contributed by atoms with van der Waals surface area (Å²) in [5.41, 5.74) is -0.254. The molecule has 0 bridgehead atoms. The van der Waals surface area contributed by atoms with Crippen molar-refractivity contribution in [3.63, 3.8) is 0 Å². The molecular weight excluding hydrogens is 451 g/mol. The van der Waals surface area contributed by atoms with Gasteiger partial charge in [0, 0.05) is 29.4 Å². The van der Waals surface area contributed by atoms with E-state index in [4.69, 9.17) is 10.00 Å². The summed E-state index contributed by atoms with van der Waals surface area (Å²) in [4.78, 5) is 6.47. The first-order valence-corrected chi connectivity index (χ1v) is 11.2. The lowest BCUT2D eigenvalue weighted by Gasteiger charge is -2.28. The van der Waals surface area contributed by atoms with Crippen molar-refractivity contribution in [2.45, 2.75) is 38.9 Å². The maximum atomic E-state index is 13.3. The molecule has 0 aliphatic carbocycles. The Labute approximate surface area is 193 Å². The Morgan fingerprint density at radius 1 is 1.24 bits per heavy atom. The molecule has 1 saturated heterocycles. The number of nitriles is 1. The van der Waals surface area contributed by atoms with E-state index in [2.05, 4.69) is 4.98 Å². The average Bonchev–Trinajstić information content (AvgIpc) is 3.32. The number of aliphatic hydroxyl groups excluding tert-OH is 1. The number of thiazole rings is 1. The molecule has 2 heterocycles. The van der Waals surface area contributed by atoms with E-state index in [-0.39, 0.29) is 5.75 Å². The van der Waals surface area contributed by atoms with Crippen LogP contribution in [0.5, 0.6) is 5.75 Å². The third-order valence-electron chi connectivity index (χ3n) is 5.64. The van der Waals surface area contributed by atoms with Crippen LogP contribution < -0.4 is 4.74 Å².